The molecule has 0 atom stereocenters. The molecule has 4 heteroatoms. The summed E-state index contributed by atoms with van der Waals surface area (Å²) in [6.07, 6.45) is 0. The van der Waals surface area contributed by atoms with Gasteiger partial charge in [-0.15, -0.1) is 0 Å². The molecule has 0 amide bonds. The lowest BCUT2D eigenvalue weighted by Gasteiger charge is -2.29. The van der Waals surface area contributed by atoms with Crippen LogP contribution in [0.25, 0.3) is 0 Å². The van der Waals surface area contributed by atoms with E-state index in [-0.39, 0.29) is 0 Å². The summed E-state index contributed by atoms with van der Waals surface area (Å²) < 4.78 is 7.19. The van der Waals surface area contributed by atoms with Gasteiger partial charge in [0.05, 0.1) is 3.57 Å². The van der Waals surface area contributed by atoms with Crippen molar-refractivity contribution in [3.05, 3.63) is 63.2 Å². The van der Waals surface area contributed by atoms with Gasteiger partial charge < -0.3 is 14.5 Å². The van der Waals surface area contributed by atoms with Crippen LogP contribution in [0.5, 0.6) is 5.75 Å². The van der Waals surface area contributed by atoms with Crippen LogP contribution in [0.2, 0.25) is 0 Å². The van der Waals surface area contributed by atoms with Gasteiger partial charge in [0.1, 0.15) is 51.6 Å². The van der Waals surface area contributed by atoms with E-state index in [1.54, 1.807) is 9.80 Å². The summed E-state index contributed by atoms with van der Waals surface area (Å²) in [4.78, 5) is 3.38. The molecule has 2 aromatic carbocycles. The largest absolute Gasteiger partial charge is 0.487 e. The highest BCUT2D eigenvalue weighted by Crippen LogP contribution is 2.21. The number of benzene rings is 2. The predicted octanol–water partition coefficient (Wildman–Crippen LogP) is 0.962. The zero-order valence-corrected chi connectivity index (χ0v) is 16.5. The zero-order valence-electron chi connectivity index (χ0n) is 14.4. The molecule has 0 unspecified atom stereocenters. The Morgan fingerprint density at radius 2 is 1.67 bits per heavy atom. The van der Waals surface area contributed by atoms with Gasteiger partial charge in [0, 0.05) is 5.56 Å². The van der Waals surface area contributed by atoms with E-state index in [4.69, 9.17) is 4.74 Å². The summed E-state index contributed by atoms with van der Waals surface area (Å²) in [7, 11) is 0. The maximum Gasteiger partial charge on any atom is 0.137 e. The summed E-state index contributed by atoms with van der Waals surface area (Å²) in [5, 5.41) is 0. The van der Waals surface area contributed by atoms with Gasteiger partial charge in [-0.05, 0) is 47.2 Å². The quantitative estimate of drug-likeness (QED) is 0.644. The third kappa shape index (κ3) is 5.19. The molecule has 2 aromatic rings. The molecular formula is C20H27IN2O+2. The molecule has 24 heavy (non-hydrogen) atoms. The van der Waals surface area contributed by atoms with Gasteiger partial charge in [0.15, 0.2) is 0 Å². The topological polar surface area (TPSA) is 18.1 Å². The highest BCUT2D eigenvalue weighted by atomic mass is 127. The van der Waals surface area contributed by atoms with Crippen molar-refractivity contribution in [3.8, 4) is 5.75 Å². The van der Waals surface area contributed by atoms with Crippen LogP contribution in [0.4, 0.5) is 0 Å². The molecule has 1 fully saturated rings. The van der Waals surface area contributed by atoms with Gasteiger partial charge in [0.25, 0.3) is 0 Å². The summed E-state index contributed by atoms with van der Waals surface area (Å²) in [6.45, 7) is 10.2. The predicted molar refractivity (Wildman–Crippen MR) is 106 cm³/mol. The summed E-state index contributed by atoms with van der Waals surface area (Å²) in [5.74, 6) is 1.02. The number of piperazine rings is 1. The van der Waals surface area contributed by atoms with E-state index in [2.05, 4.69) is 78.0 Å². The molecule has 0 bridgehead atoms. The Morgan fingerprint density at radius 1 is 0.958 bits per heavy atom. The molecule has 3 rings (SSSR count). The van der Waals surface area contributed by atoms with Gasteiger partial charge in [0.2, 0.25) is 0 Å². The van der Waals surface area contributed by atoms with E-state index in [1.807, 2.05) is 0 Å². The van der Waals surface area contributed by atoms with Crippen molar-refractivity contribution in [1.29, 1.82) is 0 Å². The molecule has 1 aliphatic rings. The number of hydrogen-bond acceptors (Lipinski definition) is 1. The lowest BCUT2D eigenvalue weighted by atomic mass is 10.2. The first-order valence-corrected chi connectivity index (χ1v) is 9.88. The fourth-order valence-corrected chi connectivity index (χ4v) is 4.12. The number of quaternary nitrogens is 2. The van der Waals surface area contributed by atoms with Crippen molar-refractivity contribution in [2.75, 3.05) is 39.3 Å². The fraction of sp³-hybridized carbons (Fsp3) is 0.400. The Bertz CT molecular complexity index is 639. The Morgan fingerprint density at radius 3 is 2.38 bits per heavy atom. The van der Waals surface area contributed by atoms with E-state index < -0.39 is 0 Å². The van der Waals surface area contributed by atoms with E-state index >= 15 is 0 Å². The van der Waals surface area contributed by atoms with E-state index in [1.165, 1.54) is 40.9 Å². The third-order valence-corrected chi connectivity index (χ3v) is 5.60. The van der Waals surface area contributed by atoms with E-state index in [0.717, 1.165) is 25.4 Å². The molecular weight excluding hydrogens is 411 g/mol. The molecule has 3 nitrogen and oxygen atoms in total. The summed E-state index contributed by atoms with van der Waals surface area (Å²) in [5.41, 5.74) is 2.74. The van der Waals surface area contributed by atoms with Crippen LogP contribution < -0.4 is 14.5 Å². The van der Waals surface area contributed by atoms with Crippen LogP contribution in [0.15, 0.2) is 48.5 Å². The minimum absolute atomic E-state index is 0.808. The van der Waals surface area contributed by atoms with Crippen molar-refractivity contribution in [3.63, 3.8) is 0 Å². The average molecular weight is 438 g/mol. The Hall–Kier alpha value is -1.11. The first-order chi connectivity index (χ1) is 11.7. The van der Waals surface area contributed by atoms with E-state index in [9.17, 15) is 0 Å². The number of nitrogens with one attached hydrogen (secondary N) is 2. The van der Waals surface area contributed by atoms with Crippen LogP contribution in [0.1, 0.15) is 11.1 Å². The van der Waals surface area contributed by atoms with Crippen LogP contribution in [0, 0.1) is 10.5 Å². The first-order valence-electron chi connectivity index (χ1n) is 8.81. The van der Waals surface area contributed by atoms with Crippen molar-refractivity contribution >= 4 is 22.6 Å². The molecule has 1 heterocycles. The summed E-state index contributed by atoms with van der Waals surface area (Å²) >= 11 is 2.36. The summed E-state index contributed by atoms with van der Waals surface area (Å²) in [6, 6.07) is 17.2. The second-order valence-corrected chi connectivity index (χ2v) is 7.86. The second-order valence-electron chi connectivity index (χ2n) is 6.69. The molecule has 0 aliphatic carbocycles. The standard InChI is InChI=1S/C20H25IN2O/c1-17-7-8-20(19(21)15-17)24-14-13-22-9-11-23(12-10-22)16-18-5-3-2-4-6-18/h2-8,15H,9-14,16H2,1H3/p+2. The SMILES string of the molecule is Cc1ccc(OCC[NH+]2CC[NH+](Cc3ccccc3)CC2)c(I)c1. The minimum atomic E-state index is 0.808. The fourth-order valence-electron chi connectivity index (χ4n) is 3.30. The van der Waals surface area contributed by atoms with Gasteiger partial charge in [-0.3, -0.25) is 0 Å². The van der Waals surface area contributed by atoms with Gasteiger partial charge in [-0.2, -0.15) is 0 Å². The van der Waals surface area contributed by atoms with Crippen molar-refractivity contribution < 1.29 is 14.5 Å². The lowest BCUT2D eigenvalue weighted by Crippen LogP contribution is -3.27. The highest BCUT2D eigenvalue weighted by Gasteiger charge is 2.22. The van der Waals surface area contributed by atoms with E-state index in [0.29, 0.717) is 0 Å². The number of halogens is 1. The van der Waals surface area contributed by atoms with Gasteiger partial charge >= 0.3 is 0 Å². The minimum Gasteiger partial charge on any atom is -0.487 e. The van der Waals surface area contributed by atoms with Crippen LogP contribution in [-0.4, -0.2) is 39.3 Å². The average Bonchev–Trinajstić information content (AvgIpc) is 2.59. The monoisotopic (exact) mass is 438 g/mol. The van der Waals surface area contributed by atoms with Crippen molar-refractivity contribution in [2.24, 2.45) is 0 Å². The molecule has 0 spiro atoms. The molecule has 2 N–H and O–H groups in total. The Balaban J connectivity index is 1.38. The number of rotatable bonds is 6. The zero-order chi connectivity index (χ0) is 16.8. The third-order valence-electron chi connectivity index (χ3n) is 4.76. The molecule has 1 saturated heterocycles. The normalized spacial score (nSPS) is 20.8. The molecule has 128 valence electrons. The number of aryl methyl sites for hydroxylation is 1. The molecule has 0 saturated carbocycles. The molecule has 0 radical (unpaired) electrons. The smallest absolute Gasteiger partial charge is 0.137 e. The second kappa shape index (κ2) is 8.83. The van der Waals surface area contributed by atoms with Crippen LogP contribution in [-0.2, 0) is 6.54 Å². The van der Waals surface area contributed by atoms with Crippen LogP contribution in [0.3, 0.4) is 0 Å². The van der Waals surface area contributed by atoms with Gasteiger partial charge in [-0.1, -0.05) is 36.4 Å². The maximum absolute atomic E-state index is 5.98. The van der Waals surface area contributed by atoms with Crippen molar-refractivity contribution in [1.82, 2.24) is 0 Å². The Kier molecular flexibility index (Phi) is 6.51. The number of hydrogen-bond donors (Lipinski definition) is 2. The Labute approximate surface area is 158 Å². The lowest BCUT2D eigenvalue weighted by molar-refractivity contribution is -1.02. The first kappa shape index (κ1) is 17.7. The van der Waals surface area contributed by atoms with Crippen molar-refractivity contribution in [2.45, 2.75) is 13.5 Å². The molecule has 1 aliphatic heterocycles. The van der Waals surface area contributed by atoms with Gasteiger partial charge in [-0.25, -0.2) is 0 Å². The highest BCUT2D eigenvalue weighted by molar-refractivity contribution is 14.1. The molecule has 0 aromatic heterocycles. The van der Waals surface area contributed by atoms with Crippen LogP contribution >= 0.6 is 22.6 Å². The number of ether oxygens (including phenoxy) is 1. The maximum atomic E-state index is 5.98.